The predicted molar refractivity (Wildman–Crippen MR) is 153 cm³/mol. The third-order valence-electron chi connectivity index (χ3n) is 10.9. The average molecular weight is 594 g/mol. The molecule has 0 saturated carbocycles. The zero-order valence-electron chi connectivity index (χ0n) is 24.4. The largest absolute Gasteiger partial charge is 0.493 e. The molecule has 1 N–H and O–H groups in total. The van der Waals surface area contributed by atoms with Gasteiger partial charge in [-0.2, -0.15) is 13.2 Å². The molecule has 43 heavy (non-hydrogen) atoms. The Hall–Kier alpha value is -3.73. The second-order valence-corrected chi connectivity index (χ2v) is 12.7. The van der Waals surface area contributed by atoms with E-state index < -0.39 is 11.7 Å². The zero-order chi connectivity index (χ0) is 29.8. The lowest BCUT2D eigenvalue weighted by Crippen LogP contribution is -2.62. The third-order valence-corrected chi connectivity index (χ3v) is 10.9. The number of aromatic nitrogens is 2. The number of halogens is 3. The molecule has 0 radical (unpaired) electrons. The highest BCUT2D eigenvalue weighted by Gasteiger charge is 2.65. The molecule has 1 amide bonds. The van der Waals surface area contributed by atoms with Gasteiger partial charge in [-0.3, -0.25) is 4.79 Å². The summed E-state index contributed by atoms with van der Waals surface area (Å²) in [5.74, 6) is 2.43. The van der Waals surface area contributed by atoms with Crippen molar-refractivity contribution in [3.63, 3.8) is 0 Å². The molecule has 1 aromatic carbocycles. The molecule has 2 saturated heterocycles. The minimum Gasteiger partial charge on any atom is -0.493 e. The molecule has 2 fully saturated rings. The van der Waals surface area contributed by atoms with Crippen molar-refractivity contribution < 1.29 is 27.4 Å². The molecule has 8 rings (SSSR count). The number of H-pyrrole nitrogens is 1. The molecule has 2 aromatic heterocycles. The van der Waals surface area contributed by atoms with Crippen molar-refractivity contribution in [2.45, 2.75) is 49.9 Å². The van der Waals surface area contributed by atoms with Gasteiger partial charge in [0.1, 0.15) is 17.6 Å². The molecule has 5 aliphatic rings. The van der Waals surface area contributed by atoms with E-state index in [1.165, 1.54) is 22.8 Å². The molecule has 1 unspecified atom stereocenters. The smallest absolute Gasteiger partial charge is 0.417 e. The summed E-state index contributed by atoms with van der Waals surface area (Å²) in [7, 11) is 3.92. The number of piperidine rings is 1. The van der Waals surface area contributed by atoms with Gasteiger partial charge in [-0.25, -0.2) is 4.98 Å². The number of ether oxygens (including phenoxy) is 2. The van der Waals surface area contributed by atoms with Crippen molar-refractivity contribution in [3.05, 3.63) is 69.7 Å². The summed E-state index contributed by atoms with van der Waals surface area (Å²) in [6.07, 6.45) is -0.895. The van der Waals surface area contributed by atoms with Crippen LogP contribution in [0.3, 0.4) is 0 Å². The SMILES string of the molecule is COc1ccc2c3c1O[C@H]1c4[nH]c(C(=O)N5CCN(c6ccc(C(F)(F)F)cn6)CC5)c(C)c4CC4[C@H](C2)N(C)CC[C@@]341. The summed E-state index contributed by atoms with van der Waals surface area (Å²) in [4.78, 5) is 27.8. The fraction of sp³-hybridized carbons (Fsp3) is 0.500. The standard InChI is InChI=1S/C32H34F3N5O3/c1-17-20-15-21-22-14-18-4-6-23(42-3)28-25(18)31(21,8-9-38(22)2)29(43-28)27(20)37-26(17)30(41)40-12-10-39(11-13-40)24-7-5-19(16-36-24)32(33,34)35/h4-7,16,21-22,29,37H,8-15H2,1-3H3/t21?,22-,29-,31-/m0/s1. The highest BCUT2D eigenvalue weighted by molar-refractivity contribution is 5.95. The first-order valence-electron chi connectivity index (χ1n) is 15.0. The molecule has 11 heteroatoms. The number of anilines is 1. The Bertz CT molecular complexity index is 1630. The summed E-state index contributed by atoms with van der Waals surface area (Å²) in [5, 5.41) is 0. The number of pyridine rings is 1. The van der Waals surface area contributed by atoms with Crippen LogP contribution in [0.5, 0.6) is 11.5 Å². The summed E-state index contributed by atoms with van der Waals surface area (Å²) in [6.45, 7) is 4.93. The number of amides is 1. The van der Waals surface area contributed by atoms with E-state index in [-0.39, 0.29) is 17.4 Å². The van der Waals surface area contributed by atoms with Gasteiger partial charge in [0.05, 0.1) is 18.4 Å². The number of hydrogen-bond donors (Lipinski definition) is 1. The Morgan fingerprint density at radius 3 is 2.60 bits per heavy atom. The fourth-order valence-corrected chi connectivity index (χ4v) is 8.69. The molecule has 3 aromatic rings. The molecular weight excluding hydrogens is 559 g/mol. The highest BCUT2D eigenvalue weighted by atomic mass is 19.4. The van der Waals surface area contributed by atoms with Crippen molar-refractivity contribution in [2.75, 3.05) is 51.8 Å². The molecule has 2 aliphatic carbocycles. The molecule has 3 aliphatic heterocycles. The lowest BCUT2D eigenvalue weighted by molar-refractivity contribution is -0.137. The average Bonchev–Trinajstić information content (AvgIpc) is 3.52. The molecule has 226 valence electrons. The number of benzene rings is 1. The number of likely N-dealkylation sites (N-methyl/N-ethyl adjacent to an activating group) is 1. The van der Waals surface area contributed by atoms with Crippen molar-refractivity contribution in [3.8, 4) is 11.5 Å². The summed E-state index contributed by atoms with van der Waals surface area (Å²) >= 11 is 0. The van der Waals surface area contributed by atoms with Crippen LogP contribution in [0.25, 0.3) is 0 Å². The van der Waals surface area contributed by atoms with E-state index in [2.05, 4.69) is 28.0 Å². The minimum absolute atomic E-state index is 0.0544. The fourth-order valence-electron chi connectivity index (χ4n) is 8.69. The second-order valence-electron chi connectivity index (χ2n) is 12.7. The van der Waals surface area contributed by atoms with Crippen LogP contribution in [0.2, 0.25) is 0 Å². The van der Waals surface area contributed by atoms with Crippen LogP contribution < -0.4 is 14.4 Å². The van der Waals surface area contributed by atoms with E-state index in [1.54, 1.807) is 7.11 Å². The monoisotopic (exact) mass is 593 g/mol. The number of rotatable bonds is 3. The number of nitrogens with one attached hydrogen (secondary N) is 1. The number of likely N-dealkylation sites (tertiary alicyclic amines) is 1. The number of alkyl halides is 3. The van der Waals surface area contributed by atoms with Gasteiger partial charge in [-0.1, -0.05) is 6.07 Å². The Balaban J connectivity index is 1.08. The van der Waals surface area contributed by atoms with Gasteiger partial charge in [0, 0.05) is 49.4 Å². The number of hydrogen-bond acceptors (Lipinski definition) is 6. The van der Waals surface area contributed by atoms with Gasteiger partial charge in [0.2, 0.25) is 0 Å². The van der Waals surface area contributed by atoms with Gasteiger partial charge in [-0.15, -0.1) is 0 Å². The van der Waals surface area contributed by atoms with Crippen LogP contribution in [0.4, 0.5) is 19.0 Å². The van der Waals surface area contributed by atoms with E-state index >= 15 is 0 Å². The van der Waals surface area contributed by atoms with Gasteiger partial charge in [0.15, 0.2) is 11.5 Å². The van der Waals surface area contributed by atoms with Gasteiger partial charge >= 0.3 is 6.18 Å². The van der Waals surface area contributed by atoms with Crippen LogP contribution >= 0.6 is 0 Å². The summed E-state index contributed by atoms with van der Waals surface area (Å²) in [6, 6.07) is 7.08. The van der Waals surface area contributed by atoms with Gasteiger partial charge < -0.3 is 29.2 Å². The lowest BCUT2D eigenvalue weighted by atomic mass is 9.51. The molecule has 2 bridgehead atoms. The van der Waals surface area contributed by atoms with Gasteiger partial charge in [-0.05, 0) is 80.6 Å². The Morgan fingerprint density at radius 1 is 1.12 bits per heavy atom. The predicted octanol–water partition coefficient (Wildman–Crippen LogP) is 4.51. The lowest BCUT2D eigenvalue weighted by Gasteiger charge is -2.57. The molecule has 8 nitrogen and oxygen atoms in total. The van der Waals surface area contributed by atoms with Crippen LogP contribution in [0, 0.1) is 12.8 Å². The van der Waals surface area contributed by atoms with Crippen LogP contribution in [-0.2, 0) is 24.4 Å². The number of aromatic amines is 1. The second kappa shape index (κ2) is 9.14. The summed E-state index contributed by atoms with van der Waals surface area (Å²) < 4.78 is 51.5. The maximum Gasteiger partial charge on any atom is 0.417 e. The van der Waals surface area contributed by atoms with Crippen LogP contribution in [0.1, 0.15) is 56.5 Å². The van der Waals surface area contributed by atoms with Gasteiger partial charge in [0.25, 0.3) is 5.91 Å². The van der Waals surface area contributed by atoms with Crippen molar-refractivity contribution in [1.82, 2.24) is 19.8 Å². The quantitative estimate of drug-likeness (QED) is 0.482. The maximum absolute atomic E-state index is 14.0. The highest BCUT2D eigenvalue weighted by Crippen LogP contribution is 2.67. The Kier molecular flexibility index (Phi) is 5.71. The minimum atomic E-state index is -4.42. The van der Waals surface area contributed by atoms with Crippen LogP contribution in [-0.4, -0.2) is 78.6 Å². The maximum atomic E-state index is 14.0. The number of fused-ring (bicyclic) bond motifs is 2. The van der Waals surface area contributed by atoms with E-state index in [4.69, 9.17) is 9.47 Å². The normalized spacial score (nSPS) is 27.4. The Morgan fingerprint density at radius 2 is 1.91 bits per heavy atom. The Labute approximate surface area is 247 Å². The zero-order valence-corrected chi connectivity index (χ0v) is 24.4. The number of methoxy groups -OCH3 is 1. The number of carbonyl (C=O) groups is 1. The van der Waals surface area contributed by atoms with Crippen molar-refractivity contribution >= 4 is 11.7 Å². The van der Waals surface area contributed by atoms with E-state index in [0.717, 1.165) is 60.8 Å². The van der Waals surface area contributed by atoms with Crippen LogP contribution in [0.15, 0.2) is 30.5 Å². The number of nitrogens with zero attached hydrogens (tertiary/aromatic N) is 4. The number of carbonyl (C=O) groups excluding carboxylic acids is 1. The van der Waals surface area contributed by atoms with E-state index in [9.17, 15) is 18.0 Å². The van der Waals surface area contributed by atoms with E-state index in [0.29, 0.717) is 49.7 Å². The van der Waals surface area contributed by atoms with Crippen molar-refractivity contribution in [1.29, 1.82) is 0 Å². The first-order valence-corrected chi connectivity index (χ1v) is 15.0. The topological polar surface area (TPSA) is 73.9 Å². The molecule has 5 heterocycles. The third kappa shape index (κ3) is 3.66. The van der Waals surface area contributed by atoms with Crippen molar-refractivity contribution in [2.24, 2.45) is 5.92 Å². The molecule has 1 spiro atoms. The first-order chi connectivity index (χ1) is 20.6. The number of piperazine rings is 1. The molecular formula is C32H34F3N5O3. The summed E-state index contributed by atoms with van der Waals surface area (Å²) in [5.41, 5.74) is 5.53. The first kappa shape index (κ1) is 26.9. The molecule has 4 atom stereocenters. The van der Waals surface area contributed by atoms with E-state index in [1.807, 2.05) is 22.8 Å².